The van der Waals surface area contributed by atoms with Crippen LogP contribution < -0.4 is 14.4 Å². The van der Waals surface area contributed by atoms with E-state index in [1.54, 1.807) is 28.1 Å². The number of carbonyl (C=O) groups is 2. The summed E-state index contributed by atoms with van der Waals surface area (Å²) < 4.78 is 57.8. The highest BCUT2D eigenvalue weighted by atomic mass is 19.4. The van der Waals surface area contributed by atoms with Gasteiger partial charge in [0.1, 0.15) is 17.7 Å². The lowest BCUT2D eigenvalue weighted by molar-refractivity contribution is -0.148. The molecule has 0 radical (unpaired) electrons. The lowest BCUT2D eigenvalue weighted by Crippen LogP contribution is -2.54. The Morgan fingerprint density at radius 1 is 1.05 bits per heavy atom. The zero-order valence-corrected chi connectivity index (χ0v) is 24.2. The molecule has 0 saturated carbocycles. The zero-order chi connectivity index (χ0) is 30.8. The fraction of sp³-hybridized carbons (Fsp3) is 0.419. The highest BCUT2D eigenvalue weighted by molar-refractivity contribution is 5.94. The highest BCUT2D eigenvalue weighted by Crippen LogP contribution is 2.47. The molecule has 5 rings (SSSR count). The summed E-state index contributed by atoms with van der Waals surface area (Å²) in [6, 6.07) is 11.8. The third kappa shape index (κ3) is 5.95. The number of halogens is 3. The largest absolute Gasteiger partial charge is 0.496 e. The molecule has 43 heavy (non-hydrogen) atoms. The number of amides is 1. The summed E-state index contributed by atoms with van der Waals surface area (Å²) >= 11 is 0. The number of methoxy groups -OCH3 is 2. The molecule has 1 fully saturated rings. The number of benzene rings is 1. The molecule has 2 aliphatic heterocycles. The monoisotopic (exact) mass is 598 g/mol. The highest BCUT2D eigenvalue weighted by Gasteiger charge is 2.46. The molecule has 1 aromatic carbocycles. The molecule has 1 amide bonds. The summed E-state index contributed by atoms with van der Waals surface area (Å²) in [7, 11) is 2.45. The van der Waals surface area contributed by atoms with Crippen molar-refractivity contribution in [3.8, 4) is 22.9 Å². The molecule has 0 N–H and O–H groups in total. The van der Waals surface area contributed by atoms with E-state index >= 15 is 0 Å². The number of rotatable bonds is 7. The zero-order valence-electron chi connectivity index (χ0n) is 24.2. The van der Waals surface area contributed by atoms with E-state index in [0.29, 0.717) is 61.9 Å². The molecule has 12 heteroatoms. The van der Waals surface area contributed by atoms with Crippen LogP contribution >= 0.6 is 0 Å². The Labute approximate surface area is 247 Å². The van der Waals surface area contributed by atoms with Crippen molar-refractivity contribution in [2.24, 2.45) is 0 Å². The second kappa shape index (κ2) is 12.1. The minimum Gasteiger partial charge on any atom is -0.496 e. The van der Waals surface area contributed by atoms with Crippen molar-refractivity contribution in [3.05, 3.63) is 65.5 Å². The summed E-state index contributed by atoms with van der Waals surface area (Å²) in [5.74, 6) is -0.828. The lowest BCUT2D eigenvalue weighted by atomic mass is 9.69. The van der Waals surface area contributed by atoms with Crippen molar-refractivity contribution in [2.45, 2.75) is 44.3 Å². The fourth-order valence-electron chi connectivity index (χ4n) is 6.10. The number of ether oxygens (including phenoxy) is 3. The van der Waals surface area contributed by atoms with Gasteiger partial charge in [0.25, 0.3) is 0 Å². The van der Waals surface area contributed by atoms with Gasteiger partial charge in [0.05, 0.1) is 50.0 Å². The average molecular weight is 599 g/mol. The van der Waals surface area contributed by atoms with Crippen LogP contribution in [0.4, 0.5) is 18.9 Å². The van der Waals surface area contributed by atoms with Crippen molar-refractivity contribution in [3.63, 3.8) is 0 Å². The van der Waals surface area contributed by atoms with E-state index in [0.717, 1.165) is 5.56 Å². The fourth-order valence-corrected chi connectivity index (χ4v) is 6.10. The van der Waals surface area contributed by atoms with Crippen LogP contribution in [0.3, 0.4) is 0 Å². The number of hydrogen-bond donors (Lipinski definition) is 0. The topological polar surface area (TPSA) is 94.1 Å². The SMILES string of the molecule is CCOc1ncccc1-c1ccc2c(n1)CN(C(=O)CC(=O)OC)CC21CCN(c2cccc(OC)c2C(F)(F)F)CC1. The molecule has 9 nitrogen and oxygen atoms in total. The molecule has 228 valence electrons. The van der Waals surface area contributed by atoms with Crippen LogP contribution in [0.5, 0.6) is 11.6 Å². The number of esters is 1. The normalized spacial score (nSPS) is 16.0. The van der Waals surface area contributed by atoms with Crippen LogP contribution in [0.1, 0.15) is 43.0 Å². The first-order valence-electron chi connectivity index (χ1n) is 14.0. The summed E-state index contributed by atoms with van der Waals surface area (Å²) in [6.45, 7) is 3.41. The Hall–Kier alpha value is -4.35. The Morgan fingerprint density at radius 2 is 1.81 bits per heavy atom. The first kappa shape index (κ1) is 30.1. The van der Waals surface area contributed by atoms with Gasteiger partial charge in [-0.05, 0) is 55.7 Å². The average Bonchev–Trinajstić information content (AvgIpc) is 3.00. The van der Waals surface area contributed by atoms with Gasteiger partial charge in [0.2, 0.25) is 11.8 Å². The van der Waals surface area contributed by atoms with Gasteiger partial charge in [0.15, 0.2) is 0 Å². The summed E-state index contributed by atoms with van der Waals surface area (Å²) in [5.41, 5.74) is 1.62. The quantitative estimate of drug-likeness (QED) is 0.277. The summed E-state index contributed by atoms with van der Waals surface area (Å²) in [6.07, 6.45) is -2.44. The third-order valence-corrected chi connectivity index (χ3v) is 8.15. The molecule has 4 heterocycles. The Kier molecular flexibility index (Phi) is 8.48. The van der Waals surface area contributed by atoms with Crippen molar-refractivity contribution >= 4 is 17.6 Å². The minimum absolute atomic E-state index is 0.0601. The van der Waals surface area contributed by atoms with E-state index in [2.05, 4.69) is 4.98 Å². The maximum atomic E-state index is 14.1. The molecule has 1 spiro atoms. The van der Waals surface area contributed by atoms with Crippen molar-refractivity contribution in [1.82, 2.24) is 14.9 Å². The molecular weight excluding hydrogens is 565 g/mol. The van der Waals surface area contributed by atoms with Crippen LogP contribution in [0.2, 0.25) is 0 Å². The number of alkyl halides is 3. The second-order valence-corrected chi connectivity index (χ2v) is 10.6. The number of anilines is 1. The van der Waals surface area contributed by atoms with Gasteiger partial charge in [0, 0.05) is 31.2 Å². The number of carbonyl (C=O) groups excluding carboxylic acids is 2. The number of aromatic nitrogens is 2. The van der Waals surface area contributed by atoms with Crippen LogP contribution in [-0.4, -0.2) is 67.2 Å². The first-order chi connectivity index (χ1) is 20.6. The van der Waals surface area contributed by atoms with Crippen LogP contribution in [0, 0.1) is 0 Å². The number of hydrogen-bond acceptors (Lipinski definition) is 8. The van der Waals surface area contributed by atoms with Gasteiger partial charge in [-0.25, -0.2) is 4.98 Å². The molecule has 2 aliphatic rings. The van der Waals surface area contributed by atoms with E-state index in [9.17, 15) is 22.8 Å². The minimum atomic E-state index is -4.60. The molecule has 0 aliphatic carbocycles. The maximum absolute atomic E-state index is 14.1. The van der Waals surface area contributed by atoms with Crippen LogP contribution in [-0.2, 0) is 32.5 Å². The Morgan fingerprint density at radius 3 is 2.49 bits per heavy atom. The van der Waals surface area contributed by atoms with Gasteiger partial charge in [-0.3, -0.25) is 14.6 Å². The molecule has 0 atom stereocenters. The first-order valence-corrected chi connectivity index (χ1v) is 14.0. The van der Waals surface area contributed by atoms with Gasteiger partial charge in [-0.1, -0.05) is 12.1 Å². The molecule has 0 bridgehead atoms. The second-order valence-electron chi connectivity index (χ2n) is 10.6. The van der Waals surface area contributed by atoms with Crippen molar-refractivity contribution in [2.75, 3.05) is 45.4 Å². The smallest absolute Gasteiger partial charge is 0.421 e. The predicted octanol–water partition coefficient (Wildman–Crippen LogP) is 5.01. The van der Waals surface area contributed by atoms with Crippen molar-refractivity contribution < 1.29 is 37.0 Å². The van der Waals surface area contributed by atoms with Crippen molar-refractivity contribution in [1.29, 1.82) is 0 Å². The van der Waals surface area contributed by atoms with E-state index in [1.807, 2.05) is 25.1 Å². The van der Waals surface area contributed by atoms with Gasteiger partial charge < -0.3 is 24.0 Å². The van der Waals surface area contributed by atoms with Gasteiger partial charge >= 0.3 is 12.1 Å². The Balaban J connectivity index is 1.51. The van der Waals surface area contributed by atoms with Gasteiger partial charge in [-0.2, -0.15) is 13.2 Å². The standard InChI is InChI=1S/C31H33F3N4O5/c1-4-43-29-20(7-6-14-35-29)22-11-10-21-23(36-22)18-38(26(39)17-27(40)42-3)19-30(21)12-15-37(16-13-30)24-8-5-9-25(41-2)28(24)31(32,33)34/h5-11,14H,4,12-13,15-19H2,1-3H3. The molecular formula is C31H33F3N4O5. The summed E-state index contributed by atoms with van der Waals surface area (Å²) in [5, 5.41) is 0. The number of fused-ring (bicyclic) bond motifs is 2. The van der Waals surface area contributed by atoms with Crippen LogP contribution in [0.15, 0.2) is 48.7 Å². The summed E-state index contributed by atoms with van der Waals surface area (Å²) in [4.78, 5) is 37.8. The number of pyridine rings is 2. The van der Waals surface area contributed by atoms with E-state index in [1.165, 1.54) is 26.4 Å². The molecule has 3 aromatic rings. The number of piperidine rings is 1. The third-order valence-electron chi connectivity index (χ3n) is 8.15. The van der Waals surface area contributed by atoms with Crippen LogP contribution in [0.25, 0.3) is 11.3 Å². The van der Waals surface area contributed by atoms with E-state index in [4.69, 9.17) is 19.2 Å². The lowest BCUT2D eigenvalue weighted by Gasteiger charge is -2.49. The molecule has 0 unspecified atom stereocenters. The predicted molar refractivity (Wildman–Crippen MR) is 152 cm³/mol. The van der Waals surface area contributed by atoms with E-state index in [-0.39, 0.29) is 18.0 Å². The molecule has 2 aromatic heterocycles. The van der Waals surface area contributed by atoms with E-state index < -0.39 is 35.5 Å². The molecule has 1 saturated heterocycles. The maximum Gasteiger partial charge on any atom is 0.421 e. The number of nitrogens with zero attached hydrogens (tertiary/aromatic N) is 4. The Bertz CT molecular complexity index is 1500. The van der Waals surface area contributed by atoms with Gasteiger partial charge in [-0.15, -0.1) is 0 Å².